The van der Waals surface area contributed by atoms with Crippen molar-refractivity contribution in [2.45, 2.75) is 18.6 Å². The van der Waals surface area contributed by atoms with Crippen molar-refractivity contribution in [2.75, 3.05) is 13.1 Å². The second-order valence-corrected chi connectivity index (χ2v) is 4.09. The summed E-state index contributed by atoms with van der Waals surface area (Å²) in [5.74, 6) is -0.447. The van der Waals surface area contributed by atoms with Crippen LogP contribution >= 0.6 is 0 Å². The summed E-state index contributed by atoms with van der Waals surface area (Å²) < 4.78 is 36.9. The van der Waals surface area contributed by atoms with Crippen molar-refractivity contribution in [1.29, 1.82) is 0 Å². The SMILES string of the molecule is O=C(NC1CCNC1)c1ccc(C(F)(F)F)cn1. The highest BCUT2D eigenvalue weighted by Crippen LogP contribution is 2.28. The summed E-state index contributed by atoms with van der Waals surface area (Å²) in [5, 5.41) is 5.78. The standard InChI is InChI=1S/C11H12F3N3O/c12-11(13,14)7-1-2-9(16-5-7)10(18)17-8-3-4-15-6-8/h1-2,5,8,15H,3-4,6H2,(H,17,18). The summed E-state index contributed by atoms with van der Waals surface area (Å²) in [4.78, 5) is 15.2. The van der Waals surface area contributed by atoms with Gasteiger partial charge in [0, 0.05) is 18.8 Å². The molecule has 0 radical (unpaired) electrons. The van der Waals surface area contributed by atoms with Crippen LogP contribution in [0.15, 0.2) is 18.3 Å². The minimum atomic E-state index is -4.43. The topological polar surface area (TPSA) is 54.0 Å². The van der Waals surface area contributed by atoms with Crippen LogP contribution in [0.2, 0.25) is 0 Å². The monoisotopic (exact) mass is 259 g/mol. The van der Waals surface area contributed by atoms with Gasteiger partial charge in [-0.1, -0.05) is 0 Å². The smallest absolute Gasteiger partial charge is 0.347 e. The lowest BCUT2D eigenvalue weighted by molar-refractivity contribution is -0.137. The maximum atomic E-state index is 12.3. The first-order valence-electron chi connectivity index (χ1n) is 5.51. The third-order valence-electron chi connectivity index (χ3n) is 2.72. The minimum absolute atomic E-state index is 0.00472. The van der Waals surface area contributed by atoms with Gasteiger partial charge in [-0.2, -0.15) is 13.2 Å². The fourth-order valence-electron chi connectivity index (χ4n) is 1.73. The zero-order chi connectivity index (χ0) is 13.2. The highest BCUT2D eigenvalue weighted by Gasteiger charge is 2.31. The normalized spacial score (nSPS) is 19.8. The molecular formula is C11H12F3N3O. The van der Waals surface area contributed by atoms with Crippen molar-refractivity contribution in [3.63, 3.8) is 0 Å². The number of aromatic nitrogens is 1. The van der Waals surface area contributed by atoms with Crippen LogP contribution in [-0.2, 0) is 6.18 Å². The van der Waals surface area contributed by atoms with Gasteiger partial charge in [0.15, 0.2) is 0 Å². The number of nitrogens with one attached hydrogen (secondary N) is 2. The molecule has 0 saturated carbocycles. The summed E-state index contributed by atoms with van der Waals surface area (Å²) in [7, 11) is 0. The Morgan fingerprint density at radius 2 is 2.22 bits per heavy atom. The molecule has 98 valence electrons. The molecule has 2 N–H and O–H groups in total. The number of amides is 1. The van der Waals surface area contributed by atoms with E-state index in [0.717, 1.165) is 25.1 Å². The Bertz CT molecular complexity index is 424. The van der Waals surface area contributed by atoms with Gasteiger partial charge in [-0.05, 0) is 25.1 Å². The molecule has 0 aromatic carbocycles. The third kappa shape index (κ3) is 2.98. The summed E-state index contributed by atoms with van der Waals surface area (Å²) in [6, 6.07) is 1.96. The molecule has 0 spiro atoms. The molecule has 2 rings (SSSR count). The molecule has 1 fully saturated rings. The van der Waals surface area contributed by atoms with Crippen molar-refractivity contribution in [3.8, 4) is 0 Å². The van der Waals surface area contributed by atoms with Crippen LogP contribution in [0.4, 0.5) is 13.2 Å². The first-order valence-corrected chi connectivity index (χ1v) is 5.51. The van der Waals surface area contributed by atoms with E-state index in [1.54, 1.807) is 0 Å². The number of hydrogen-bond donors (Lipinski definition) is 2. The van der Waals surface area contributed by atoms with E-state index in [9.17, 15) is 18.0 Å². The van der Waals surface area contributed by atoms with E-state index in [2.05, 4.69) is 15.6 Å². The average Bonchev–Trinajstić information content (AvgIpc) is 2.81. The molecule has 1 aliphatic rings. The van der Waals surface area contributed by atoms with Crippen LogP contribution in [-0.4, -0.2) is 30.0 Å². The van der Waals surface area contributed by atoms with Gasteiger partial charge in [-0.3, -0.25) is 9.78 Å². The Kier molecular flexibility index (Phi) is 3.51. The molecule has 7 heteroatoms. The lowest BCUT2D eigenvalue weighted by Gasteiger charge is -2.11. The van der Waals surface area contributed by atoms with E-state index in [1.807, 2.05) is 0 Å². The van der Waals surface area contributed by atoms with Gasteiger partial charge >= 0.3 is 6.18 Å². The van der Waals surface area contributed by atoms with E-state index in [-0.39, 0.29) is 11.7 Å². The largest absolute Gasteiger partial charge is 0.417 e. The Morgan fingerprint density at radius 3 is 2.72 bits per heavy atom. The molecule has 4 nitrogen and oxygen atoms in total. The third-order valence-corrected chi connectivity index (χ3v) is 2.72. The highest BCUT2D eigenvalue weighted by molar-refractivity contribution is 5.92. The van der Waals surface area contributed by atoms with E-state index in [1.165, 1.54) is 0 Å². The number of alkyl halides is 3. The fraction of sp³-hybridized carbons (Fsp3) is 0.455. The van der Waals surface area contributed by atoms with Gasteiger partial charge in [0.25, 0.3) is 5.91 Å². The van der Waals surface area contributed by atoms with Gasteiger partial charge in [-0.25, -0.2) is 0 Å². The number of hydrogen-bond acceptors (Lipinski definition) is 3. The average molecular weight is 259 g/mol. The van der Waals surface area contributed by atoms with E-state index >= 15 is 0 Å². The summed E-state index contributed by atoms with van der Waals surface area (Å²) in [6.07, 6.45) is -2.95. The molecule has 18 heavy (non-hydrogen) atoms. The lowest BCUT2D eigenvalue weighted by atomic mass is 10.2. The number of carbonyl (C=O) groups is 1. The van der Waals surface area contributed by atoms with Gasteiger partial charge in [-0.15, -0.1) is 0 Å². The number of halogens is 3. The fourth-order valence-corrected chi connectivity index (χ4v) is 1.73. The summed E-state index contributed by atoms with van der Waals surface area (Å²) in [5.41, 5.74) is -0.864. The molecule has 1 unspecified atom stereocenters. The Balaban J connectivity index is 2.02. The van der Waals surface area contributed by atoms with E-state index in [4.69, 9.17) is 0 Å². The van der Waals surface area contributed by atoms with Crippen LogP contribution < -0.4 is 10.6 Å². The van der Waals surface area contributed by atoms with Gasteiger partial charge in [0.05, 0.1) is 5.56 Å². The Morgan fingerprint density at radius 1 is 1.44 bits per heavy atom. The number of carbonyl (C=O) groups excluding carboxylic acids is 1. The van der Waals surface area contributed by atoms with Gasteiger partial charge in [0.2, 0.25) is 0 Å². The van der Waals surface area contributed by atoms with Crippen molar-refractivity contribution in [2.24, 2.45) is 0 Å². The quantitative estimate of drug-likeness (QED) is 0.839. The molecule has 1 saturated heterocycles. The number of rotatable bonds is 2. The maximum Gasteiger partial charge on any atom is 0.417 e. The lowest BCUT2D eigenvalue weighted by Crippen LogP contribution is -2.36. The molecule has 1 atom stereocenters. The molecular weight excluding hydrogens is 247 g/mol. The van der Waals surface area contributed by atoms with E-state index in [0.29, 0.717) is 12.7 Å². The molecule has 0 aliphatic carbocycles. The number of nitrogens with zero attached hydrogens (tertiary/aromatic N) is 1. The Labute approximate surface area is 102 Å². The Hall–Kier alpha value is -1.63. The molecule has 1 amide bonds. The van der Waals surface area contributed by atoms with Crippen molar-refractivity contribution < 1.29 is 18.0 Å². The maximum absolute atomic E-state index is 12.3. The minimum Gasteiger partial charge on any atom is -0.347 e. The predicted octanol–water partition coefficient (Wildman–Crippen LogP) is 1.19. The highest BCUT2D eigenvalue weighted by atomic mass is 19.4. The molecule has 1 aromatic rings. The first-order chi connectivity index (χ1) is 8.47. The predicted molar refractivity (Wildman–Crippen MR) is 58.0 cm³/mol. The zero-order valence-electron chi connectivity index (χ0n) is 9.42. The number of pyridine rings is 1. The van der Waals surface area contributed by atoms with Crippen molar-refractivity contribution in [1.82, 2.24) is 15.6 Å². The van der Waals surface area contributed by atoms with Crippen LogP contribution in [0.3, 0.4) is 0 Å². The molecule has 1 aliphatic heterocycles. The summed E-state index contributed by atoms with van der Waals surface area (Å²) >= 11 is 0. The molecule has 0 bridgehead atoms. The summed E-state index contributed by atoms with van der Waals surface area (Å²) in [6.45, 7) is 1.50. The molecule has 1 aromatic heterocycles. The van der Waals surface area contributed by atoms with Crippen LogP contribution in [0, 0.1) is 0 Å². The first kappa shape index (κ1) is 12.8. The molecule has 2 heterocycles. The second-order valence-electron chi connectivity index (χ2n) is 4.09. The second kappa shape index (κ2) is 4.93. The van der Waals surface area contributed by atoms with Crippen molar-refractivity contribution >= 4 is 5.91 Å². The van der Waals surface area contributed by atoms with E-state index < -0.39 is 17.6 Å². The van der Waals surface area contributed by atoms with Crippen LogP contribution in [0.25, 0.3) is 0 Å². The van der Waals surface area contributed by atoms with Gasteiger partial charge < -0.3 is 10.6 Å². The zero-order valence-corrected chi connectivity index (χ0v) is 9.42. The van der Waals surface area contributed by atoms with Crippen LogP contribution in [0.1, 0.15) is 22.5 Å². The van der Waals surface area contributed by atoms with Gasteiger partial charge in [0.1, 0.15) is 5.69 Å². The van der Waals surface area contributed by atoms with Crippen LogP contribution in [0.5, 0.6) is 0 Å². The van der Waals surface area contributed by atoms with Crippen molar-refractivity contribution in [3.05, 3.63) is 29.6 Å².